The Balaban J connectivity index is 1.67. The highest BCUT2D eigenvalue weighted by Gasteiger charge is 2.27. The number of hydrogen-bond acceptors (Lipinski definition) is 3. The molecule has 2 unspecified atom stereocenters. The second kappa shape index (κ2) is 5.94. The summed E-state index contributed by atoms with van der Waals surface area (Å²) in [7, 11) is 0. The fraction of sp³-hybridized carbons (Fsp3) is 0.562. The summed E-state index contributed by atoms with van der Waals surface area (Å²) in [6.07, 6.45) is 3.28. The number of benzene rings is 1. The molecule has 1 amide bonds. The second-order valence-electron chi connectivity index (χ2n) is 5.89. The zero-order chi connectivity index (χ0) is 13.9. The summed E-state index contributed by atoms with van der Waals surface area (Å²) in [4.78, 5) is 12.1. The van der Waals surface area contributed by atoms with E-state index in [1.54, 1.807) is 0 Å². The third-order valence-electron chi connectivity index (χ3n) is 4.12. The highest BCUT2D eigenvalue weighted by Crippen LogP contribution is 2.24. The van der Waals surface area contributed by atoms with Crippen molar-refractivity contribution in [3.8, 4) is 0 Å². The summed E-state index contributed by atoms with van der Waals surface area (Å²) in [5.41, 5.74) is 2.65. The normalized spacial score (nSPS) is 23.6. The van der Waals surface area contributed by atoms with Gasteiger partial charge < -0.3 is 10.6 Å². The summed E-state index contributed by atoms with van der Waals surface area (Å²) in [6.45, 7) is 3.85. The van der Waals surface area contributed by atoms with E-state index in [1.165, 1.54) is 11.1 Å². The van der Waals surface area contributed by atoms with Gasteiger partial charge in [0, 0.05) is 18.6 Å². The molecule has 4 heteroatoms. The van der Waals surface area contributed by atoms with E-state index in [0.717, 1.165) is 32.4 Å². The molecule has 0 spiro atoms. The van der Waals surface area contributed by atoms with Crippen LogP contribution in [0.25, 0.3) is 0 Å². The van der Waals surface area contributed by atoms with Crippen LogP contribution in [0.1, 0.15) is 43.4 Å². The van der Waals surface area contributed by atoms with Gasteiger partial charge in [-0.2, -0.15) is 0 Å². The Morgan fingerprint density at radius 1 is 1.30 bits per heavy atom. The van der Waals surface area contributed by atoms with Crippen molar-refractivity contribution in [1.82, 2.24) is 16.0 Å². The highest BCUT2D eigenvalue weighted by atomic mass is 16.2. The van der Waals surface area contributed by atoms with E-state index in [4.69, 9.17) is 0 Å². The van der Waals surface area contributed by atoms with Gasteiger partial charge in [-0.25, -0.2) is 0 Å². The number of nitrogens with one attached hydrogen (secondary N) is 3. The average Bonchev–Trinajstić information content (AvgIpc) is 3.27. The molecule has 108 valence electrons. The van der Waals surface area contributed by atoms with E-state index in [0.29, 0.717) is 6.04 Å². The Labute approximate surface area is 120 Å². The van der Waals surface area contributed by atoms with Crippen molar-refractivity contribution in [2.45, 2.75) is 50.9 Å². The molecule has 1 aromatic carbocycles. The first kappa shape index (κ1) is 13.6. The molecule has 3 N–H and O–H groups in total. The Morgan fingerprint density at radius 2 is 2.10 bits per heavy atom. The van der Waals surface area contributed by atoms with Crippen LogP contribution >= 0.6 is 0 Å². The number of hydrogen-bond donors (Lipinski definition) is 3. The molecule has 4 nitrogen and oxygen atoms in total. The number of carbonyl (C=O) groups excluding carboxylic acids is 1. The topological polar surface area (TPSA) is 53.2 Å². The van der Waals surface area contributed by atoms with Crippen LogP contribution in [-0.4, -0.2) is 24.5 Å². The van der Waals surface area contributed by atoms with Gasteiger partial charge in [0.15, 0.2) is 0 Å². The summed E-state index contributed by atoms with van der Waals surface area (Å²) in [5, 5.41) is 10.00. The van der Waals surface area contributed by atoms with Crippen molar-refractivity contribution in [2.24, 2.45) is 0 Å². The molecule has 0 bridgehead atoms. The van der Waals surface area contributed by atoms with Crippen molar-refractivity contribution in [3.05, 3.63) is 35.4 Å². The van der Waals surface area contributed by atoms with Crippen LogP contribution in [0.5, 0.6) is 0 Å². The number of fused-ring (bicyclic) bond motifs is 1. The van der Waals surface area contributed by atoms with Gasteiger partial charge in [-0.3, -0.25) is 10.1 Å². The van der Waals surface area contributed by atoms with E-state index in [9.17, 15) is 4.79 Å². The van der Waals surface area contributed by atoms with Gasteiger partial charge in [-0.1, -0.05) is 24.3 Å². The minimum atomic E-state index is -0.147. The van der Waals surface area contributed by atoms with Gasteiger partial charge in [0.2, 0.25) is 5.91 Å². The fourth-order valence-corrected chi connectivity index (χ4v) is 2.76. The molecular formula is C16H23N3O. The van der Waals surface area contributed by atoms with Crippen LogP contribution in [0, 0.1) is 0 Å². The molecule has 0 radical (unpaired) electrons. The third-order valence-corrected chi connectivity index (χ3v) is 4.12. The first-order valence-electron chi connectivity index (χ1n) is 7.59. The lowest BCUT2D eigenvalue weighted by atomic mass is 9.98. The number of rotatable bonds is 4. The maximum absolute atomic E-state index is 12.1. The maximum atomic E-state index is 12.1. The smallest absolute Gasteiger partial charge is 0.237 e. The van der Waals surface area contributed by atoms with E-state index in [2.05, 4.69) is 40.2 Å². The van der Waals surface area contributed by atoms with E-state index >= 15 is 0 Å². The van der Waals surface area contributed by atoms with Gasteiger partial charge in [-0.15, -0.1) is 0 Å². The van der Waals surface area contributed by atoms with Gasteiger partial charge in [0.05, 0.1) is 6.04 Å². The summed E-state index contributed by atoms with van der Waals surface area (Å²) >= 11 is 0. The molecule has 2 atom stereocenters. The maximum Gasteiger partial charge on any atom is 0.237 e. The number of amides is 1. The van der Waals surface area contributed by atoms with Gasteiger partial charge >= 0.3 is 0 Å². The Kier molecular flexibility index (Phi) is 4.03. The van der Waals surface area contributed by atoms with Crippen LogP contribution in [0.4, 0.5) is 0 Å². The lowest BCUT2D eigenvalue weighted by Gasteiger charge is -2.23. The Morgan fingerprint density at radius 3 is 2.90 bits per heavy atom. The average molecular weight is 273 g/mol. The zero-order valence-corrected chi connectivity index (χ0v) is 12.0. The number of carbonyl (C=O) groups is 1. The van der Waals surface area contributed by atoms with Crippen molar-refractivity contribution in [1.29, 1.82) is 0 Å². The van der Waals surface area contributed by atoms with Crippen LogP contribution in [0.15, 0.2) is 24.3 Å². The first-order chi connectivity index (χ1) is 9.74. The molecule has 0 aromatic heterocycles. The van der Waals surface area contributed by atoms with Crippen LogP contribution in [0.2, 0.25) is 0 Å². The van der Waals surface area contributed by atoms with Gasteiger partial charge in [-0.05, 0) is 43.9 Å². The molecule has 1 aliphatic carbocycles. The molecule has 1 saturated carbocycles. The lowest BCUT2D eigenvalue weighted by Crippen LogP contribution is -2.44. The van der Waals surface area contributed by atoms with Crippen LogP contribution < -0.4 is 16.0 Å². The standard InChI is InChI=1S/C16H23N3O/c1-11(16(20)19-13-6-7-13)18-15-8-9-17-10-12-4-2-3-5-14(12)15/h2-5,11,13,15,17-18H,6-10H2,1H3,(H,19,20). The van der Waals surface area contributed by atoms with Crippen molar-refractivity contribution in [3.63, 3.8) is 0 Å². The van der Waals surface area contributed by atoms with Gasteiger partial charge in [0.25, 0.3) is 0 Å². The molecular weight excluding hydrogens is 250 g/mol. The monoisotopic (exact) mass is 273 g/mol. The SMILES string of the molecule is CC(NC1CCNCc2ccccc21)C(=O)NC1CC1. The molecule has 0 saturated heterocycles. The minimum absolute atomic E-state index is 0.127. The van der Waals surface area contributed by atoms with E-state index in [-0.39, 0.29) is 18.0 Å². The fourth-order valence-electron chi connectivity index (χ4n) is 2.76. The summed E-state index contributed by atoms with van der Waals surface area (Å²) in [6, 6.07) is 9.02. The first-order valence-corrected chi connectivity index (χ1v) is 7.59. The van der Waals surface area contributed by atoms with Crippen molar-refractivity contribution >= 4 is 5.91 Å². The Hall–Kier alpha value is -1.39. The van der Waals surface area contributed by atoms with Crippen LogP contribution in [0.3, 0.4) is 0 Å². The van der Waals surface area contributed by atoms with Crippen molar-refractivity contribution < 1.29 is 4.79 Å². The zero-order valence-electron chi connectivity index (χ0n) is 12.0. The molecule has 3 rings (SSSR count). The molecule has 20 heavy (non-hydrogen) atoms. The predicted molar refractivity (Wildman–Crippen MR) is 79.3 cm³/mol. The largest absolute Gasteiger partial charge is 0.352 e. The lowest BCUT2D eigenvalue weighted by molar-refractivity contribution is -0.123. The quantitative estimate of drug-likeness (QED) is 0.779. The summed E-state index contributed by atoms with van der Waals surface area (Å²) < 4.78 is 0. The third kappa shape index (κ3) is 3.19. The van der Waals surface area contributed by atoms with Crippen molar-refractivity contribution in [2.75, 3.05) is 6.54 Å². The van der Waals surface area contributed by atoms with E-state index < -0.39 is 0 Å². The second-order valence-corrected chi connectivity index (χ2v) is 5.89. The van der Waals surface area contributed by atoms with Crippen LogP contribution in [-0.2, 0) is 11.3 Å². The minimum Gasteiger partial charge on any atom is -0.352 e. The predicted octanol–water partition coefficient (Wildman–Crippen LogP) is 1.48. The molecule has 1 fully saturated rings. The summed E-state index contributed by atoms with van der Waals surface area (Å²) in [5.74, 6) is 0.127. The molecule has 1 heterocycles. The molecule has 2 aliphatic rings. The van der Waals surface area contributed by atoms with Gasteiger partial charge in [0.1, 0.15) is 0 Å². The van der Waals surface area contributed by atoms with E-state index in [1.807, 2.05) is 6.92 Å². The Bertz CT molecular complexity index is 484. The molecule has 1 aliphatic heterocycles. The molecule has 1 aromatic rings. The highest BCUT2D eigenvalue weighted by molar-refractivity contribution is 5.81.